The van der Waals surface area contributed by atoms with Crippen LogP contribution in [0.5, 0.6) is 0 Å². The van der Waals surface area contributed by atoms with Crippen molar-refractivity contribution in [2.24, 2.45) is 0 Å². The number of aryl methyl sites for hydroxylation is 1. The molecule has 19 heavy (non-hydrogen) atoms. The smallest absolute Gasteiger partial charge is 0.354 e. The molecule has 2 rings (SSSR count). The molecule has 0 aliphatic heterocycles. The molecule has 0 saturated carbocycles. The second-order valence-electron chi connectivity index (χ2n) is 4.02. The number of nitrogens with one attached hydrogen (secondary N) is 1. The molecule has 98 valence electrons. The van der Waals surface area contributed by atoms with Crippen molar-refractivity contribution in [2.45, 2.75) is 6.92 Å². The lowest BCUT2D eigenvalue weighted by Crippen LogP contribution is -2.06. The number of carbonyl (C=O) groups is 1. The molecule has 2 aromatic rings. The maximum absolute atomic E-state index is 10.9. The highest BCUT2D eigenvalue weighted by molar-refractivity contribution is 9.10. The zero-order chi connectivity index (χ0) is 14.0. The Bertz CT molecular complexity index is 644. The van der Waals surface area contributed by atoms with Crippen LogP contribution < -0.4 is 11.1 Å². The molecule has 5 nitrogen and oxygen atoms in total. The third-order valence-corrected chi connectivity index (χ3v) is 3.09. The number of hydrogen-bond donors (Lipinski definition) is 3. The van der Waals surface area contributed by atoms with Crippen LogP contribution in [0, 0.1) is 6.92 Å². The van der Waals surface area contributed by atoms with E-state index in [1.807, 2.05) is 25.1 Å². The van der Waals surface area contributed by atoms with Crippen molar-refractivity contribution in [1.82, 2.24) is 4.98 Å². The molecule has 6 heteroatoms. The fourth-order valence-corrected chi connectivity index (χ4v) is 1.91. The zero-order valence-corrected chi connectivity index (χ0v) is 11.7. The Balaban J connectivity index is 2.40. The van der Waals surface area contributed by atoms with Crippen LogP contribution in [-0.2, 0) is 0 Å². The summed E-state index contributed by atoms with van der Waals surface area (Å²) in [6, 6.07) is 8.63. The van der Waals surface area contributed by atoms with Crippen LogP contribution in [0.25, 0.3) is 0 Å². The molecule has 0 amide bonds. The van der Waals surface area contributed by atoms with Gasteiger partial charge in [-0.05, 0) is 36.8 Å². The summed E-state index contributed by atoms with van der Waals surface area (Å²) < 4.78 is 0.911. The Morgan fingerprint density at radius 2 is 2.11 bits per heavy atom. The largest absolute Gasteiger partial charge is 0.477 e. The van der Waals surface area contributed by atoms with Crippen LogP contribution in [0.4, 0.5) is 17.2 Å². The molecule has 0 radical (unpaired) electrons. The number of halogens is 1. The van der Waals surface area contributed by atoms with E-state index in [0.717, 1.165) is 15.7 Å². The molecule has 0 bridgehead atoms. The summed E-state index contributed by atoms with van der Waals surface area (Å²) in [5.74, 6) is -0.755. The highest BCUT2D eigenvalue weighted by atomic mass is 79.9. The first-order valence-electron chi connectivity index (χ1n) is 5.50. The molecular formula is C13H12BrN3O2. The van der Waals surface area contributed by atoms with Crippen LogP contribution >= 0.6 is 15.9 Å². The van der Waals surface area contributed by atoms with Gasteiger partial charge < -0.3 is 16.2 Å². The Morgan fingerprint density at radius 1 is 1.37 bits per heavy atom. The van der Waals surface area contributed by atoms with Gasteiger partial charge in [-0.3, -0.25) is 0 Å². The summed E-state index contributed by atoms with van der Waals surface area (Å²) in [5, 5.41) is 12.0. The van der Waals surface area contributed by atoms with Crippen molar-refractivity contribution in [3.05, 3.63) is 46.1 Å². The molecule has 0 spiro atoms. The van der Waals surface area contributed by atoms with Crippen LogP contribution in [0.3, 0.4) is 0 Å². The minimum atomic E-state index is -1.09. The molecule has 0 aliphatic carbocycles. The van der Waals surface area contributed by atoms with E-state index in [9.17, 15) is 4.79 Å². The Kier molecular flexibility index (Phi) is 3.71. The van der Waals surface area contributed by atoms with Crippen molar-refractivity contribution in [2.75, 3.05) is 11.1 Å². The van der Waals surface area contributed by atoms with Gasteiger partial charge in [0, 0.05) is 10.2 Å². The first kappa shape index (κ1) is 13.4. The number of anilines is 3. The number of pyridine rings is 1. The predicted molar refractivity (Wildman–Crippen MR) is 77.8 cm³/mol. The second kappa shape index (κ2) is 5.27. The lowest BCUT2D eigenvalue weighted by Gasteiger charge is -2.11. The molecule has 0 aliphatic rings. The van der Waals surface area contributed by atoms with Gasteiger partial charge in [-0.15, -0.1) is 0 Å². The quantitative estimate of drug-likeness (QED) is 0.808. The maximum atomic E-state index is 10.9. The average molecular weight is 322 g/mol. The zero-order valence-electron chi connectivity index (χ0n) is 10.1. The van der Waals surface area contributed by atoms with Crippen molar-refractivity contribution in [3.63, 3.8) is 0 Å². The molecule has 1 aromatic carbocycles. The summed E-state index contributed by atoms with van der Waals surface area (Å²) in [7, 11) is 0. The minimum absolute atomic E-state index is 0.0515. The molecule has 1 aromatic heterocycles. The van der Waals surface area contributed by atoms with E-state index in [4.69, 9.17) is 10.8 Å². The van der Waals surface area contributed by atoms with Gasteiger partial charge in [0.15, 0.2) is 11.5 Å². The van der Waals surface area contributed by atoms with Gasteiger partial charge in [0.2, 0.25) is 0 Å². The minimum Gasteiger partial charge on any atom is -0.477 e. The predicted octanol–water partition coefficient (Wildman–Crippen LogP) is 3.18. The van der Waals surface area contributed by atoms with Gasteiger partial charge in [-0.2, -0.15) is 0 Å². The number of aromatic carboxylic acids is 1. The molecule has 4 N–H and O–H groups in total. The summed E-state index contributed by atoms with van der Waals surface area (Å²) in [6.45, 7) is 1.94. The van der Waals surface area contributed by atoms with Gasteiger partial charge in [-0.1, -0.05) is 22.0 Å². The fraction of sp³-hybridized carbons (Fsp3) is 0.0769. The van der Waals surface area contributed by atoms with E-state index in [-0.39, 0.29) is 5.69 Å². The second-order valence-corrected chi connectivity index (χ2v) is 4.94. The summed E-state index contributed by atoms with van der Waals surface area (Å²) in [5.41, 5.74) is 7.96. The molecule has 0 atom stereocenters. The molecular weight excluding hydrogens is 310 g/mol. The van der Waals surface area contributed by atoms with Crippen LogP contribution in [0.1, 0.15) is 16.1 Å². The number of carboxylic acids is 1. The van der Waals surface area contributed by atoms with Gasteiger partial charge in [0.1, 0.15) is 0 Å². The van der Waals surface area contributed by atoms with E-state index >= 15 is 0 Å². The topological polar surface area (TPSA) is 88.2 Å². The number of carboxylic acid groups (broad SMARTS) is 1. The van der Waals surface area contributed by atoms with E-state index in [2.05, 4.69) is 26.2 Å². The van der Waals surface area contributed by atoms with Gasteiger partial charge >= 0.3 is 5.97 Å². The van der Waals surface area contributed by atoms with Crippen LogP contribution in [0.2, 0.25) is 0 Å². The Labute approximate surface area is 118 Å². The van der Waals surface area contributed by atoms with E-state index in [1.165, 1.54) is 12.1 Å². The van der Waals surface area contributed by atoms with Crippen LogP contribution in [-0.4, -0.2) is 16.1 Å². The molecule has 0 saturated heterocycles. The lowest BCUT2D eigenvalue weighted by atomic mass is 10.2. The number of benzene rings is 1. The van der Waals surface area contributed by atoms with Gasteiger partial charge in [-0.25, -0.2) is 9.78 Å². The SMILES string of the molecule is Cc1ccc(Br)cc1Nc1nc(C(=O)O)ccc1N. The number of nitrogen functional groups attached to an aromatic ring is 1. The highest BCUT2D eigenvalue weighted by Gasteiger charge is 2.09. The average Bonchev–Trinajstić information content (AvgIpc) is 2.36. The van der Waals surface area contributed by atoms with Crippen molar-refractivity contribution in [1.29, 1.82) is 0 Å². The van der Waals surface area contributed by atoms with E-state index in [0.29, 0.717) is 11.5 Å². The summed E-state index contributed by atoms with van der Waals surface area (Å²) in [6.07, 6.45) is 0. The number of aromatic nitrogens is 1. The fourth-order valence-electron chi connectivity index (χ4n) is 1.55. The molecule has 0 fully saturated rings. The van der Waals surface area contributed by atoms with Crippen molar-refractivity contribution >= 4 is 39.1 Å². The third kappa shape index (κ3) is 3.03. The standard InChI is InChI=1S/C13H12BrN3O2/c1-7-2-3-8(14)6-11(7)17-12-9(15)4-5-10(16-12)13(18)19/h2-6H,15H2,1H3,(H,16,17)(H,18,19). The van der Waals surface area contributed by atoms with Crippen LogP contribution in [0.15, 0.2) is 34.8 Å². The normalized spacial score (nSPS) is 10.2. The number of hydrogen-bond acceptors (Lipinski definition) is 4. The maximum Gasteiger partial charge on any atom is 0.354 e. The van der Waals surface area contributed by atoms with Gasteiger partial charge in [0.05, 0.1) is 5.69 Å². The lowest BCUT2D eigenvalue weighted by molar-refractivity contribution is 0.0690. The molecule has 1 heterocycles. The van der Waals surface area contributed by atoms with E-state index < -0.39 is 5.97 Å². The Hall–Kier alpha value is -2.08. The Morgan fingerprint density at radius 3 is 2.79 bits per heavy atom. The first-order chi connectivity index (χ1) is 8.97. The first-order valence-corrected chi connectivity index (χ1v) is 6.29. The molecule has 0 unspecified atom stereocenters. The highest BCUT2D eigenvalue weighted by Crippen LogP contribution is 2.26. The number of rotatable bonds is 3. The number of nitrogens with two attached hydrogens (primary N) is 1. The van der Waals surface area contributed by atoms with Crippen molar-refractivity contribution in [3.8, 4) is 0 Å². The van der Waals surface area contributed by atoms with E-state index in [1.54, 1.807) is 0 Å². The summed E-state index contributed by atoms with van der Waals surface area (Å²) in [4.78, 5) is 14.9. The van der Waals surface area contributed by atoms with Crippen molar-refractivity contribution < 1.29 is 9.90 Å². The van der Waals surface area contributed by atoms with Gasteiger partial charge in [0.25, 0.3) is 0 Å². The monoisotopic (exact) mass is 321 g/mol. The summed E-state index contributed by atoms with van der Waals surface area (Å²) >= 11 is 3.38. The number of nitrogens with zero attached hydrogens (tertiary/aromatic N) is 1. The third-order valence-electron chi connectivity index (χ3n) is 2.60.